The standard InChI is InChI=1S/C21H27F3N2O2Si/c1-7-12-26-14-15(10-11-25-19(27)21(22,23)24)17-13-16(8-9-18(17)26)28-29(5,6)20(2,3)4/h1,8-9,13-14H,10-12H2,2-6H3,(H,25,27). The number of aromatic nitrogens is 1. The smallest absolute Gasteiger partial charge is 0.471 e. The summed E-state index contributed by atoms with van der Waals surface area (Å²) in [4.78, 5) is 11.0. The minimum absolute atomic E-state index is 0.0298. The van der Waals surface area contributed by atoms with Crippen molar-refractivity contribution >= 4 is 25.1 Å². The zero-order valence-electron chi connectivity index (χ0n) is 17.4. The Kier molecular flexibility index (Phi) is 6.43. The molecule has 0 saturated heterocycles. The quantitative estimate of drug-likeness (QED) is 0.531. The predicted molar refractivity (Wildman–Crippen MR) is 111 cm³/mol. The second-order valence-corrected chi connectivity index (χ2v) is 13.3. The molecule has 0 radical (unpaired) electrons. The van der Waals surface area contributed by atoms with Gasteiger partial charge in [0.2, 0.25) is 8.32 Å². The largest absolute Gasteiger partial charge is 0.543 e. The Morgan fingerprint density at radius 3 is 2.48 bits per heavy atom. The van der Waals surface area contributed by atoms with Crippen LogP contribution in [0.5, 0.6) is 5.75 Å². The molecule has 0 aliphatic carbocycles. The number of hydrogen-bond donors (Lipinski definition) is 1. The Labute approximate surface area is 170 Å². The van der Waals surface area contributed by atoms with E-state index in [1.54, 1.807) is 0 Å². The minimum atomic E-state index is -4.89. The summed E-state index contributed by atoms with van der Waals surface area (Å²) < 4.78 is 45.4. The lowest BCUT2D eigenvalue weighted by Crippen LogP contribution is -2.43. The van der Waals surface area contributed by atoms with Crippen LogP contribution in [0, 0.1) is 12.3 Å². The van der Waals surface area contributed by atoms with Crippen LogP contribution in [0.25, 0.3) is 10.9 Å². The molecule has 8 heteroatoms. The molecule has 0 unspecified atom stereocenters. The van der Waals surface area contributed by atoms with Crippen molar-refractivity contribution in [3.8, 4) is 18.1 Å². The molecule has 2 aromatic rings. The monoisotopic (exact) mass is 424 g/mol. The highest BCUT2D eigenvalue weighted by molar-refractivity contribution is 6.74. The molecule has 4 nitrogen and oxygen atoms in total. The van der Waals surface area contributed by atoms with Gasteiger partial charge in [0.05, 0.1) is 6.54 Å². The van der Waals surface area contributed by atoms with Gasteiger partial charge in [-0.25, -0.2) is 0 Å². The first kappa shape index (κ1) is 22.9. The Morgan fingerprint density at radius 1 is 1.28 bits per heavy atom. The normalized spacial score (nSPS) is 12.7. The third-order valence-corrected chi connectivity index (χ3v) is 9.67. The molecule has 1 aromatic carbocycles. The average molecular weight is 425 g/mol. The van der Waals surface area contributed by atoms with E-state index in [0.29, 0.717) is 6.54 Å². The average Bonchev–Trinajstić information content (AvgIpc) is 2.90. The van der Waals surface area contributed by atoms with Gasteiger partial charge in [0, 0.05) is 23.6 Å². The number of carbonyl (C=O) groups is 1. The van der Waals surface area contributed by atoms with E-state index in [1.807, 2.05) is 34.3 Å². The van der Waals surface area contributed by atoms with Gasteiger partial charge in [-0.3, -0.25) is 4.79 Å². The highest BCUT2D eigenvalue weighted by Gasteiger charge is 2.39. The first-order valence-corrected chi connectivity index (χ1v) is 12.3. The molecule has 0 aliphatic rings. The number of nitrogens with one attached hydrogen (secondary N) is 1. The van der Waals surface area contributed by atoms with Crippen LogP contribution >= 0.6 is 0 Å². The maximum Gasteiger partial charge on any atom is 0.471 e. The molecule has 29 heavy (non-hydrogen) atoms. The molecular weight excluding hydrogens is 397 g/mol. The lowest BCUT2D eigenvalue weighted by Gasteiger charge is -2.36. The number of terminal acetylenes is 1. The molecule has 1 N–H and O–H groups in total. The summed E-state index contributed by atoms with van der Waals surface area (Å²) in [5.74, 6) is 1.36. The van der Waals surface area contributed by atoms with Crippen molar-refractivity contribution in [3.63, 3.8) is 0 Å². The van der Waals surface area contributed by atoms with Crippen molar-refractivity contribution in [1.82, 2.24) is 9.88 Å². The van der Waals surface area contributed by atoms with Crippen LogP contribution in [0.2, 0.25) is 18.1 Å². The Bertz CT molecular complexity index is 934. The van der Waals surface area contributed by atoms with Crippen molar-refractivity contribution < 1.29 is 22.4 Å². The van der Waals surface area contributed by atoms with Gasteiger partial charge in [-0.15, -0.1) is 6.42 Å². The number of benzene rings is 1. The third-order valence-electron chi connectivity index (χ3n) is 5.31. The summed E-state index contributed by atoms with van der Waals surface area (Å²) in [5.41, 5.74) is 1.68. The fourth-order valence-corrected chi connectivity index (χ4v) is 3.72. The van der Waals surface area contributed by atoms with E-state index >= 15 is 0 Å². The van der Waals surface area contributed by atoms with E-state index in [-0.39, 0.29) is 18.0 Å². The summed E-state index contributed by atoms with van der Waals surface area (Å²) in [6.07, 6.45) is 2.62. The SMILES string of the molecule is C#CCn1cc(CCNC(=O)C(F)(F)F)c2cc(O[Si](C)(C)C(C)(C)C)ccc21. The lowest BCUT2D eigenvalue weighted by atomic mass is 10.1. The van der Waals surface area contributed by atoms with Crippen LogP contribution in [0.15, 0.2) is 24.4 Å². The molecule has 0 bridgehead atoms. The first-order valence-electron chi connectivity index (χ1n) is 9.35. The number of rotatable bonds is 6. The van der Waals surface area contributed by atoms with Crippen LogP contribution in [0.1, 0.15) is 26.3 Å². The zero-order chi connectivity index (χ0) is 22.0. The van der Waals surface area contributed by atoms with Crippen LogP contribution < -0.4 is 9.74 Å². The van der Waals surface area contributed by atoms with E-state index in [1.165, 1.54) is 0 Å². The van der Waals surface area contributed by atoms with Gasteiger partial charge in [0.1, 0.15) is 5.75 Å². The summed E-state index contributed by atoms with van der Waals surface area (Å²) in [6, 6.07) is 5.71. The molecule has 0 aliphatic heterocycles. The van der Waals surface area contributed by atoms with Gasteiger partial charge in [-0.05, 0) is 48.3 Å². The van der Waals surface area contributed by atoms with Crippen molar-refractivity contribution in [2.24, 2.45) is 0 Å². The van der Waals surface area contributed by atoms with Crippen molar-refractivity contribution in [1.29, 1.82) is 0 Å². The van der Waals surface area contributed by atoms with E-state index in [9.17, 15) is 18.0 Å². The fourth-order valence-electron chi connectivity index (χ4n) is 2.70. The molecule has 158 valence electrons. The van der Waals surface area contributed by atoms with E-state index < -0.39 is 20.4 Å². The number of hydrogen-bond acceptors (Lipinski definition) is 2. The van der Waals surface area contributed by atoms with Gasteiger partial charge >= 0.3 is 12.1 Å². The van der Waals surface area contributed by atoms with Crippen LogP contribution in [-0.2, 0) is 17.8 Å². The van der Waals surface area contributed by atoms with E-state index in [4.69, 9.17) is 10.8 Å². The van der Waals surface area contributed by atoms with Gasteiger partial charge in [0.25, 0.3) is 0 Å². The van der Waals surface area contributed by atoms with Gasteiger partial charge in [-0.2, -0.15) is 13.2 Å². The number of nitrogens with zero attached hydrogens (tertiary/aromatic N) is 1. The Balaban J connectivity index is 2.32. The molecule has 0 atom stereocenters. The molecule has 2 rings (SSSR count). The summed E-state index contributed by atoms with van der Waals surface area (Å²) in [5, 5.41) is 2.80. The van der Waals surface area contributed by atoms with Crippen LogP contribution in [-0.4, -0.2) is 31.5 Å². The van der Waals surface area contributed by atoms with Crippen LogP contribution in [0.4, 0.5) is 13.2 Å². The maximum atomic E-state index is 12.4. The molecule has 0 spiro atoms. The fraction of sp³-hybridized carbons (Fsp3) is 0.476. The Morgan fingerprint density at radius 2 is 1.93 bits per heavy atom. The number of amides is 1. The van der Waals surface area contributed by atoms with E-state index in [0.717, 1.165) is 22.2 Å². The van der Waals surface area contributed by atoms with Crippen molar-refractivity contribution in [3.05, 3.63) is 30.0 Å². The van der Waals surface area contributed by atoms with Crippen molar-refractivity contribution in [2.45, 2.75) is 58.0 Å². The molecule has 1 amide bonds. The predicted octanol–water partition coefficient (Wildman–Crippen LogP) is 4.88. The number of alkyl halides is 3. The molecule has 0 fully saturated rings. The topological polar surface area (TPSA) is 43.3 Å². The Hall–Kier alpha value is -2.40. The van der Waals surface area contributed by atoms with E-state index in [2.05, 4.69) is 39.8 Å². The second kappa shape index (κ2) is 8.15. The number of carbonyl (C=O) groups excluding carboxylic acids is 1. The first-order chi connectivity index (χ1) is 13.3. The molecule has 1 aromatic heterocycles. The molecule has 1 heterocycles. The minimum Gasteiger partial charge on any atom is -0.543 e. The summed E-state index contributed by atoms with van der Waals surface area (Å²) in [6.45, 7) is 11.0. The van der Waals surface area contributed by atoms with Gasteiger partial charge in [-0.1, -0.05) is 26.7 Å². The van der Waals surface area contributed by atoms with Crippen molar-refractivity contribution in [2.75, 3.05) is 6.54 Å². The van der Waals surface area contributed by atoms with Gasteiger partial charge < -0.3 is 14.3 Å². The summed E-state index contributed by atoms with van der Waals surface area (Å²) >= 11 is 0. The maximum absolute atomic E-state index is 12.4. The number of halogens is 3. The highest BCUT2D eigenvalue weighted by Crippen LogP contribution is 2.38. The second-order valence-electron chi connectivity index (χ2n) is 8.53. The summed E-state index contributed by atoms with van der Waals surface area (Å²) in [7, 11) is -2.04. The lowest BCUT2D eigenvalue weighted by molar-refractivity contribution is -0.173. The molecule has 0 saturated carbocycles. The van der Waals surface area contributed by atoms with Gasteiger partial charge in [0.15, 0.2) is 0 Å². The molecular formula is C21H27F3N2O2Si. The third kappa shape index (κ3) is 5.35. The zero-order valence-corrected chi connectivity index (χ0v) is 18.4. The highest BCUT2D eigenvalue weighted by atomic mass is 28.4. The van der Waals surface area contributed by atoms with Crippen LogP contribution in [0.3, 0.4) is 0 Å². The number of fused-ring (bicyclic) bond motifs is 1.